The highest BCUT2D eigenvalue weighted by Crippen LogP contribution is 1.83. The van der Waals surface area contributed by atoms with E-state index in [0.29, 0.717) is 7.05 Å². The molecule has 0 radical (unpaired) electrons. The van der Waals surface area contributed by atoms with E-state index in [9.17, 15) is 0 Å². The molecular weight excluding hydrogens is 74.0 g/mol. The maximum atomic E-state index is 8.93. The van der Waals surface area contributed by atoms with Crippen LogP contribution in [0.1, 0.15) is 0 Å². The smallest absolute Gasteiger partial charge is 0.0673 e. The van der Waals surface area contributed by atoms with Crippen molar-refractivity contribution in [1.29, 1.82) is 0 Å². The van der Waals surface area contributed by atoms with Gasteiger partial charge in [-0.25, -0.2) is 0 Å². The second-order valence-electron chi connectivity index (χ2n) is 0.771. The molecule has 32 valence electrons. The first-order valence-electron chi connectivity index (χ1n) is 0.995. The van der Waals surface area contributed by atoms with Gasteiger partial charge in [0.2, 0.25) is 0 Å². The first-order valence-corrected chi connectivity index (χ1v) is 0.995. The van der Waals surface area contributed by atoms with Gasteiger partial charge in [-0.15, -0.1) is 0 Å². The molecule has 0 bridgehead atoms. The Balaban J connectivity index is 3.02. The molecule has 0 saturated heterocycles. The van der Waals surface area contributed by atoms with E-state index in [4.69, 9.17) is 15.6 Å². The summed E-state index contributed by atoms with van der Waals surface area (Å²) in [5.74, 6) is 0. The van der Waals surface area contributed by atoms with Crippen molar-refractivity contribution in [2.45, 2.75) is 0 Å². The fraction of sp³-hybridized carbons (Fsp3) is 1.00. The van der Waals surface area contributed by atoms with Gasteiger partial charge in [0.25, 0.3) is 0 Å². The standard InChI is InChI=1S/CH3NO3/c1-2(3,4)5/h1H3/q-2. The summed E-state index contributed by atoms with van der Waals surface area (Å²) < 4.78 is 0. The third-order valence-electron chi connectivity index (χ3n) is 0. The number of hydroxylamine groups is 3. The van der Waals surface area contributed by atoms with Crippen molar-refractivity contribution in [1.82, 2.24) is 0 Å². The van der Waals surface area contributed by atoms with E-state index in [1.165, 1.54) is 0 Å². The average Bonchev–Trinajstić information content (AvgIpc) is 0.722. The van der Waals surface area contributed by atoms with Gasteiger partial charge in [-0.05, 0) is 0 Å². The van der Waals surface area contributed by atoms with E-state index in [1.807, 2.05) is 0 Å². The van der Waals surface area contributed by atoms with E-state index < -0.39 is 4.97 Å². The molecule has 4 nitrogen and oxygen atoms in total. The Morgan fingerprint density at radius 2 is 1.20 bits per heavy atom. The van der Waals surface area contributed by atoms with E-state index >= 15 is 0 Å². The van der Waals surface area contributed by atoms with Crippen molar-refractivity contribution < 1.29 is 4.97 Å². The number of rotatable bonds is 0. The van der Waals surface area contributed by atoms with Crippen LogP contribution in [0, 0.1) is 15.6 Å². The molecule has 0 amide bonds. The fourth-order valence-electron chi connectivity index (χ4n) is 0. The van der Waals surface area contributed by atoms with E-state index in [-0.39, 0.29) is 0 Å². The maximum absolute atomic E-state index is 8.93. The highest BCUT2D eigenvalue weighted by molar-refractivity contribution is 4.27. The molecule has 0 aromatic heterocycles. The van der Waals surface area contributed by atoms with Gasteiger partial charge >= 0.3 is 0 Å². The maximum Gasteiger partial charge on any atom is 0.0673 e. The summed E-state index contributed by atoms with van der Waals surface area (Å²) >= 11 is 0. The summed E-state index contributed by atoms with van der Waals surface area (Å²) in [4.78, 5) is -2.75. The van der Waals surface area contributed by atoms with Crippen LogP contribution < -0.4 is 0 Å². The van der Waals surface area contributed by atoms with Crippen LogP contribution in [0.2, 0.25) is 0 Å². The molecule has 0 fully saturated rings. The van der Waals surface area contributed by atoms with Crippen LogP contribution in [-0.2, 0) is 0 Å². The summed E-state index contributed by atoms with van der Waals surface area (Å²) in [6.45, 7) is 0. The monoisotopic (exact) mass is 77.0 g/mol. The average molecular weight is 77.0 g/mol. The molecule has 0 spiro atoms. The summed E-state index contributed by atoms with van der Waals surface area (Å²) in [5.41, 5.74) is 0. The van der Waals surface area contributed by atoms with Gasteiger partial charge in [0, 0.05) is 0 Å². The van der Waals surface area contributed by atoms with Crippen molar-refractivity contribution in [2.75, 3.05) is 7.05 Å². The van der Waals surface area contributed by atoms with Gasteiger partial charge in [-0.1, -0.05) is 0 Å². The molecule has 0 aliphatic rings. The Bertz CT molecular complexity index is 22.4. The molecule has 0 N–H and O–H groups in total. The van der Waals surface area contributed by atoms with E-state index in [1.54, 1.807) is 0 Å². The molecule has 0 aromatic rings. The van der Waals surface area contributed by atoms with Gasteiger partial charge < -0.3 is 20.6 Å². The molecule has 0 aliphatic carbocycles. The molecule has 0 saturated carbocycles. The minimum Gasteiger partial charge on any atom is -0.631 e. The van der Waals surface area contributed by atoms with Gasteiger partial charge in [0.15, 0.2) is 0 Å². The number of hydrogen-bond donors (Lipinski definition) is 0. The zero-order valence-electron chi connectivity index (χ0n) is 2.67. The third-order valence-corrected chi connectivity index (χ3v) is 0. The topological polar surface area (TPSA) is 69.2 Å². The molecule has 0 heterocycles. The Kier molecular flexibility index (Phi) is 0.879. The summed E-state index contributed by atoms with van der Waals surface area (Å²) in [6, 6.07) is 0. The number of nitrogens with zero attached hydrogens (tertiary/aromatic N) is 1. The summed E-state index contributed by atoms with van der Waals surface area (Å²) in [6.07, 6.45) is 0. The molecular formula is CH3NO3-2. The largest absolute Gasteiger partial charge is 0.631 e. The van der Waals surface area contributed by atoms with Gasteiger partial charge in [0.1, 0.15) is 0 Å². The molecule has 4 heteroatoms. The molecule has 0 aliphatic heterocycles. The van der Waals surface area contributed by atoms with Gasteiger partial charge in [-0.3, -0.25) is 0 Å². The SMILES string of the molecule is C[N+]([O-])([O-])[O-]. The molecule has 0 atom stereocenters. The Labute approximate surface area is 29.0 Å². The quantitative estimate of drug-likeness (QED) is 0.300. The van der Waals surface area contributed by atoms with Gasteiger partial charge in [-0.2, -0.15) is 0 Å². The lowest BCUT2D eigenvalue weighted by atomic mass is 11.5. The fourth-order valence-corrected chi connectivity index (χ4v) is 0. The van der Waals surface area contributed by atoms with Crippen LogP contribution in [0.4, 0.5) is 0 Å². The van der Waals surface area contributed by atoms with Crippen LogP contribution >= 0.6 is 0 Å². The lowest BCUT2D eigenvalue weighted by molar-refractivity contribution is -0.752. The lowest BCUT2D eigenvalue weighted by Crippen LogP contribution is -2.19. The highest BCUT2D eigenvalue weighted by atomic mass is 17.1. The van der Waals surface area contributed by atoms with Crippen LogP contribution in [0.15, 0.2) is 0 Å². The van der Waals surface area contributed by atoms with Crippen LogP contribution in [0.5, 0.6) is 0 Å². The molecule has 0 aromatic carbocycles. The third kappa shape index (κ3) is 508. The predicted molar refractivity (Wildman–Crippen MR) is 16.3 cm³/mol. The zero-order chi connectivity index (χ0) is 4.50. The number of hydrogen-bond acceptors (Lipinski definition) is 3. The van der Waals surface area contributed by atoms with E-state index in [2.05, 4.69) is 0 Å². The van der Waals surface area contributed by atoms with Crippen LogP contribution in [-0.4, -0.2) is 12.0 Å². The Morgan fingerprint density at radius 3 is 1.20 bits per heavy atom. The van der Waals surface area contributed by atoms with Crippen molar-refractivity contribution in [3.05, 3.63) is 15.6 Å². The number of quaternary nitrogens is 1. The second kappa shape index (κ2) is 0.908. The van der Waals surface area contributed by atoms with Gasteiger partial charge in [0.05, 0.1) is 7.05 Å². The van der Waals surface area contributed by atoms with Crippen molar-refractivity contribution in [2.24, 2.45) is 0 Å². The minimum atomic E-state index is -2.75. The Morgan fingerprint density at radius 1 is 1.20 bits per heavy atom. The first kappa shape index (κ1) is 4.84. The van der Waals surface area contributed by atoms with E-state index in [0.717, 1.165) is 0 Å². The minimum absolute atomic E-state index is 0.458. The predicted octanol–water partition coefficient (Wildman–Crippen LogP) is -0.0736. The lowest BCUT2D eigenvalue weighted by Gasteiger charge is -2.47. The van der Waals surface area contributed by atoms with Crippen LogP contribution in [0.25, 0.3) is 0 Å². The first-order chi connectivity index (χ1) is 2.00. The molecule has 0 unspecified atom stereocenters. The highest BCUT2D eigenvalue weighted by Gasteiger charge is 1.58. The van der Waals surface area contributed by atoms with Crippen molar-refractivity contribution in [3.8, 4) is 0 Å². The van der Waals surface area contributed by atoms with Crippen molar-refractivity contribution >= 4 is 0 Å². The molecule has 0 rings (SSSR count). The Hall–Kier alpha value is -0.160. The second-order valence-corrected chi connectivity index (χ2v) is 0.771. The van der Waals surface area contributed by atoms with Crippen molar-refractivity contribution in [3.63, 3.8) is 0 Å². The zero-order valence-corrected chi connectivity index (χ0v) is 2.67. The summed E-state index contributed by atoms with van der Waals surface area (Å²) in [7, 11) is 0.458. The summed E-state index contributed by atoms with van der Waals surface area (Å²) in [5, 5.41) is 26.8. The van der Waals surface area contributed by atoms with Crippen LogP contribution in [0.3, 0.4) is 0 Å². The normalized spacial score (nSPS) is 12.0. The molecule has 5 heavy (non-hydrogen) atoms.